The lowest BCUT2D eigenvalue weighted by Crippen LogP contribution is -2.56. The molecule has 0 aromatic carbocycles. The van der Waals surface area contributed by atoms with Crippen molar-refractivity contribution in [2.45, 2.75) is 18.4 Å². The summed E-state index contributed by atoms with van der Waals surface area (Å²) in [6.07, 6.45) is 2.35. The van der Waals surface area contributed by atoms with E-state index in [1.165, 1.54) is 6.42 Å². The summed E-state index contributed by atoms with van der Waals surface area (Å²) in [6.45, 7) is 2.16. The summed E-state index contributed by atoms with van der Waals surface area (Å²) in [6, 6.07) is 0. The Morgan fingerprint density at radius 2 is 1.88 bits per heavy atom. The molecule has 1 atom stereocenters. The number of rotatable bonds is 6. The second kappa shape index (κ2) is 6.51. The molecule has 0 spiro atoms. The molecule has 1 fully saturated rings. The maximum Gasteiger partial charge on any atom is 0.0881 e. The Morgan fingerprint density at radius 1 is 1.25 bits per heavy atom. The number of likely N-dealkylation sites (tertiary alicyclic amines) is 1. The van der Waals surface area contributed by atoms with Gasteiger partial charge >= 0.3 is 0 Å². The average molecular weight is 232 g/mol. The second-order valence-corrected chi connectivity index (χ2v) is 4.91. The molecule has 0 radical (unpaired) electrons. The summed E-state index contributed by atoms with van der Waals surface area (Å²) in [5, 5.41) is 30.6. The van der Waals surface area contributed by atoms with Gasteiger partial charge in [0.25, 0.3) is 0 Å². The third-order valence-corrected chi connectivity index (χ3v) is 3.40. The van der Waals surface area contributed by atoms with Gasteiger partial charge in [-0.25, -0.2) is 0 Å². The van der Waals surface area contributed by atoms with Crippen molar-refractivity contribution < 1.29 is 15.3 Å². The van der Waals surface area contributed by atoms with E-state index in [9.17, 15) is 0 Å². The van der Waals surface area contributed by atoms with Crippen LogP contribution >= 0.6 is 0 Å². The third kappa shape index (κ3) is 3.68. The van der Waals surface area contributed by atoms with E-state index < -0.39 is 5.54 Å². The van der Waals surface area contributed by atoms with E-state index >= 15 is 0 Å². The normalized spacial score (nSPS) is 23.6. The van der Waals surface area contributed by atoms with Gasteiger partial charge < -0.3 is 25.5 Å². The van der Waals surface area contributed by atoms with Crippen molar-refractivity contribution >= 4 is 0 Å². The molecule has 5 heteroatoms. The molecule has 0 saturated carbocycles. The van der Waals surface area contributed by atoms with Crippen molar-refractivity contribution in [2.24, 2.45) is 5.92 Å². The van der Waals surface area contributed by atoms with Gasteiger partial charge in [0.05, 0.1) is 25.4 Å². The lowest BCUT2D eigenvalue weighted by atomic mass is 9.96. The van der Waals surface area contributed by atoms with E-state index in [2.05, 4.69) is 17.3 Å². The zero-order valence-electron chi connectivity index (χ0n) is 10.0. The van der Waals surface area contributed by atoms with Crippen LogP contribution in [0.5, 0.6) is 0 Å². The molecule has 4 N–H and O–H groups in total. The zero-order chi connectivity index (χ0) is 12.0. The van der Waals surface area contributed by atoms with Crippen LogP contribution in [-0.4, -0.2) is 72.3 Å². The van der Waals surface area contributed by atoms with E-state index in [0.29, 0.717) is 5.92 Å². The van der Waals surface area contributed by atoms with Gasteiger partial charge in [-0.15, -0.1) is 0 Å². The quantitative estimate of drug-likeness (QED) is 0.455. The summed E-state index contributed by atoms with van der Waals surface area (Å²) >= 11 is 0. The molecule has 0 aromatic heterocycles. The van der Waals surface area contributed by atoms with Crippen LogP contribution in [-0.2, 0) is 0 Å². The van der Waals surface area contributed by atoms with Crippen LogP contribution in [0.15, 0.2) is 0 Å². The molecule has 5 nitrogen and oxygen atoms in total. The number of hydrogen-bond donors (Lipinski definition) is 4. The maximum absolute atomic E-state index is 9.17. The molecule has 96 valence electrons. The SMILES string of the molecule is CN1CCCC(CNC(CO)(CO)CO)C1. The van der Waals surface area contributed by atoms with Crippen LogP contribution in [0.3, 0.4) is 0 Å². The fraction of sp³-hybridized carbons (Fsp3) is 1.00. The van der Waals surface area contributed by atoms with Gasteiger partial charge in [-0.3, -0.25) is 0 Å². The van der Waals surface area contributed by atoms with Gasteiger partial charge in [-0.2, -0.15) is 0 Å². The highest BCUT2D eigenvalue weighted by Crippen LogP contribution is 2.15. The number of hydrogen-bond acceptors (Lipinski definition) is 5. The second-order valence-electron chi connectivity index (χ2n) is 4.91. The lowest BCUT2D eigenvalue weighted by Gasteiger charge is -2.34. The van der Waals surface area contributed by atoms with Gasteiger partial charge in [0, 0.05) is 6.54 Å². The maximum atomic E-state index is 9.17. The molecule has 1 rings (SSSR count). The summed E-state index contributed by atoms with van der Waals surface area (Å²) in [5.41, 5.74) is -0.935. The molecular formula is C11H24N2O3. The number of nitrogens with one attached hydrogen (secondary N) is 1. The molecule has 0 amide bonds. The predicted octanol–water partition coefficient (Wildman–Crippen LogP) is -1.37. The van der Waals surface area contributed by atoms with Crippen molar-refractivity contribution in [2.75, 3.05) is 46.5 Å². The van der Waals surface area contributed by atoms with Crippen molar-refractivity contribution in [3.05, 3.63) is 0 Å². The minimum absolute atomic E-state index is 0.247. The largest absolute Gasteiger partial charge is 0.394 e. The van der Waals surface area contributed by atoms with Crippen LogP contribution in [0, 0.1) is 5.92 Å². The summed E-state index contributed by atoms with van der Waals surface area (Å²) in [4.78, 5) is 2.29. The molecule has 0 bridgehead atoms. The van der Waals surface area contributed by atoms with Crippen LogP contribution in [0.2, 0.25) is 0 Å². The number of nitrogens with zero attached hydrogens (tertiary/aromatic N) is 1. The van der Waals surface area contributed by atoms with Gasteiger partial charge in [0.1, 0.15) is 0 Å². The molecule has 1 aliphatic heterocycles. The van der Waals surface area contributed by atoms with Gasteiger partial charge in [-0.05, 0) is 38.9 Å². The minimum atomic E-state index is -0.935. The minimum Gasteiger partial charge on any atom is -0.394 e. The van der Waals surface area contributed by atoms with Gasteiger partial charge in [0.2, 0.25) is 0 Å². The summed E-state index contributed by atoms with van der Waals surface area (Å²) in [7, 11) is 2.10. The first kappa shape index (κ1) is 13.9. The van der Waals surface area contributed by atoms with E-state index in [0.717, 1.165) is 26.1 Å². The van der Waals surface area contributed by atoms with Crippen LogP contribution in [0.4, 0.5) is 0 Å². The molecule has 0 aromatic rings. The number of aliphatic hydroxyl groups is 3. The Bertz CT molecular complexity index is 189. The Hall–Kier alpha value is -0.200. The fourth-order valence-electron chi connectivity index (χ4n) is 2.12. The Morgan fingerprint density at radius 3 is 2.38 bits per heavy atom. The molecular weight excluding hydrogens is 208 g/mol. The van der Waals surface area contributed by atoms with Crippen molar-refractivity contribution in [3.8, 4) is 0 Å². The fourth-order valence-corrected chi connectivity index (χ4v) is 2.12. The Labute approximate surface area is 97.1 Å². The number of aliphatic hydroxyl groups excluding tert-OH is 3. The van der Waals surface area contributed by atoms with Gasteiger partial charge in [0.15, 0.2) is 0 Å². The van der Waals surface area contributed by atoms with Crippen molar-refractivity contribution in [1.29, 1.82) is 0 Å². The monoisotopic (exact) mass is 232 g/mol. The average Bonchev–Trinajstić information content (AvgIpc) is 2.32. The molecule has 1 aliphatic rings. The van der Waals surface area contributed by atoms with E-state index in [4.69, 9.17) is 15.3 Å². The predicted molar refractivity (Wildman–Crippen MR) is 62.2 cm³/mol. The van der Waals surface area contributed by atoms with Crippen molar-refractivity contribution in [1.82, 2.24) is 10.2 Å². The summed E-state index contributed by atoms with van der Waals surface area (Å²) in [5.74, 6) is 0.530. The third-order valence-electron chi connectivity index (χ3n) is 3.40. The standard InChI is InChI=1S/C11H24N2O3/c1-13-4-2-3-10(6-13)5-12-11(7-14,8-15)9-16/h10,12,14-16H,2-9H2,1H3. The van der Waals surface area contributed by atoms with Crippen LogP contribution in [0.25, 0.3) is 0 Å². The van der Waals surface area contributed by atoms with E-state index in [1.54, 1.807) is 0 Å². The highest BCUT2D eigenvalue weighted by Gasteiger charge is 2.29. The molecule has 16 heavy (non-hydrogen) atoms. The van der Waals surface area contributed by atoms with Crippen LogP contribution < -0.4 is 5.32 Å². The van der Waals surface area contributed by atoms with Crippen LogP contribution in [0.1, 0.15) is 12.8 Å². The van der Waals surface area contributed by atoms with Gasteiger partial charge in [-0.1, -0.05) is 0 Å². The topological polar surface area (TPSA) is 76.0 Å². The Balaban J connectivity index is 2.36. The molecule has 1 saturated heterocycles. The Kier molecular flexibility index (Phi) is 5.64. The van der Waals surface area contributed by atoms with Crippen molar-refractivity contribution in [3.63, 3.8) is 0 Å². The highest BCUT2D eigenvalue weighted by atomic mass is 16.3. The van der Waals surface area contributed by atoms with E-state index in [1.807, 2.05) is 0 Å². The first-order chi connectivity index (χ1) is 7.65. The molecule has 0 aliphatic carbocycles. The first-order valence-electron chi connectivity index (χ1n) is 5.92. The highest BCUT2D eigenvalue weighted by molar-refractivity contribution is 4.87. The smallest absolute Gasteiger partial charge is 0.0881 e. The molecule has 1 unspecified atom stereocenters. The zero-order valence-corrected chi connectivity index (χ0v) is 10.0. The molecule has 1 heterocycles. The lowest BCUT2D eigenvalue weighted by molar-refractivity contribution is 0.0370. The van der Waals surface area contributed by atoms with E-state index in [-0.39, 0.29) is 19.8 Å². The number of piperidine rings is 1. The summed E-state index contributed by atoms with van der Waals surface area (Å²) < 4.78 is 0. The first-order valence-corrected chi connectivity index (χ1v) is 5.92.